The van der Waals surface area contributed by atoms with E-state index < -0.39 is 0 Å². The Morgan fingerprint density at radius 1 is 1.23 bits per heavy atom. The second-order valence-electron chi connectivity index (χ2n) is 5.65. The first-order chi connectivity index (χ1) is 12.6. The normalized spacial score (nSPS) is 10.9. The summed E-state index contributed by atoms with van der Waals surface area (Å²) in [4.78, 5) is 9.11. The lowest BCUT2D eigenvalue weighted by molar-refractivity contribution is 0.197. The van der Waals surface area contributed by atoms with E-state index in [1.165, 1.54) is 0 Å². The number of rotatable bonds is 8. The standard InChI is InChI=1S/C17H21ClN6O2/c1-24-16-12(10-20-24)15(22-17(23-16)19-7-4-8-25-2)21-11-5-6-14(26-3)13(18)9-11/h5-6,9-10H,4,7-8H2,1-3H3,(H2,19,21,22,23). The smallest absolute Gasteiger partial charge is 0.226 e. The van der Waals surface area contributed by atoms with Crippen LogP contribution < -0.4 is 15.4 Å². The summed E-state index contributed by atoms with van der Waals surface area (Å²) in [5.74, 6) is 1.80. The van der Waals surface area contributed by atoms with Gasteiger partial charge in [-0.3, -0.25) is 4.68 Å². The van der Waals surface area contributed by atoms with E-state index in [1.807, 2.05) is 13.1 Å². The van der Waals surface area contributed by atoms with Gasteiger partial charge in [-0.25, -0.2) is 0 Å². The van der Waals surface area contributed by atoms with Crippen LogP contribution in [-0.2, 0) is 11.8 Å². The van der Waals surface area contributed by atoms with Crippen LogP contribution in [0.15, 0.2) is 24.4 Å². The van der Waals surface area contributed by atoms with Gasteiger partial charge in [-0.05, 0) is 24.6 Å². The van der Waals surface area contributed by atoms with Crippen molar-refractivity contribution in [2.24, 2.45) is 7.05 Å². The van der Waals surface area contributed by atoms with Gasteiger partial charge in [0.2, 0.25) is 5.95 Å². The molecule has 0 saturated carbocycles. The third-order valence-electron chi connectivity index (χ3n) is 3.81. The Morgan fingerprint density at radius 2 is 2.08 bits per heavy atom. The lowest BCUT2D eigenvalue weighted by Gasteiger charge is -2.11. The second kappa shape index (κ2) is 8.20. The van der Waals surface area contributed by atoms with Gasteiger partial charge < -0.3 is 20.1 Å². The molecule has 3 rings (SSSR count). The van der Waals surface area contributed by atoms with Crippen molar-refractivity contribution in [3.05, 3.63) is 29.4 Å². The third kappa shape index (κ3) is 3.97. The highest BCUT2D eigenvalue weighted by Gasteiger charge is 2.12. The molecule has 0 unspecified atom stereocenters. The summed E-state index contributed by atoms with van der Waals surface area (Å²) in [5, 5.41) is 12.1. The molecule has 0 bridgehead atoms. The number of nitrogens with zero attached hydrogens (tertiary/aromatic N) is 4. The number of aryl methyl sites for hydroxylation is 1. The monoisotopic (exact) mass is 376 g/mol. The van der Waals surface area contributed by atoms with Crippen molar-refractivity contribution in [2.45, 2.75) is 6.42 Å². The van der Waals surface area contributed by atoms with Crippen molar-refractivity contribution in [2.75, 3.05) is 38.0 Å². The van der Waals surface area contributed by atoms with E-state index in [9.17, 15) is 0 Å². The van der Waals surface area contributed by atoms with Crippen LogP contribution >= 0.6 is 11.6 Å². The van der Waals surface area contributed by atoms with Gasteiger partial charge in [0, 0.05) is 33.0 Å². The average Bonchev–Trinajstić information content (AvgIpc) is 3.00. The molecule has 2 N–H and O–H groups in total. The van der Waals surface area contributed by atoms with Crippen LogP contribution in [0.3, 0.4) is 0 Å². The molecule has 26 heavy (non-hydrogen) atoms. The van der Waals surface area contributed by atoms with Crippen LogP contribution in [0, 0.1) is 0 Å². The van der Waals surface area contributed by atoms with Crippen LogP contribution in [0.4, 0.5) is 17.5 Å². The first-order valence-corrected chi connectivity index (χ1v) is 8.53. The van der Waals surface area contributed by atoms with Crippen molar-refractivity contribution in [3.63, 3.8) is 0 Å². The van der Waals surface area contributed by atoms with E-state index in [-0.39, 0.29) is 0 Å². The fraction of sp³-hybridized carbons (Fsp3) is 0.353. The zero-order chi connectivity index (χ0) is 18.5. The van der Waals surface area contributed by atoms with E-state index in [2.05, 4.69) is 25.7 Å². The fourth-order valence-electron chi connectivity index (χ4n) is 2.49. The maximum absolute atomic E-state index is 6.21. The molecule has 0 atom stereocenters. The predicted molar refractivity (Wildman–Crippen MR) is 103 cm³/mol. The Morgan fingerprint density at radius 3 is 2.81 bits per heavy atom. The molecule has 2 aromatic heterocycles. The number of hydrogen-bond donors (Lipinski definition) is 2. The number of benzene rings is 1. The van der Waals surface area contributed by atoms with Crippen LogP contribution in [0.25, 0.3) is 11.0 Å². The van der Waals surface area contributed by atoms with Gasteiger partial charge in [-0.15, -0.1) is 0 Å². The maximum Gasteiger partial charge on any atom is 0.226 e. The molecule has 3 aromatic rings. The van der Waals surface area contributed by atoms with Gasteiger partial charge in [0.25, 0.3) is 0 Å². The van der Waals surface area contributed by atoms with Crippen molar-refractivity contribution >= 4 is 40.1 Å². The second-order valence-corrected chi connectivity index (χ2v) is 6.06. The minimum atomic E-state index is 0.520. The van der Waals surface area contributed by atoms with Gasteiger partial charge in [-0.2, -0.15) is 15.1 Å². The van der Waals surface area contributed by atoms with Gasteiger partial charge in [0.1, 0.15) is 11.6 Å². The molecule has 2 heterocycles. The highest BCUT2D eigenvalue weighted by molar-refractivity contribution is 6.32. The van der Waals surface area contributed by atoms with Crippen LogP contribution in [0.5, 0.6) is 5.75 Å². The number of halogens is 1. The zero-order valence-electron chi connectivity index (χ0n) is 14.9. The molecule has 0 saturated heterocycles. The quantitative estimate of drug-likeness (QED) is 0.584. The van der Waals surface area contributed by atoms with Crippen molar-refractivity contribution in [3.8, 4) is 5.75 Å². The first kappa shape index (κ1) is 18.2. The van der Waals surface area contributed by atoms with Crippen molar-refractivity contribution in [1.29, 1.82) is 0 Å². The minimum absolute atomic E-state index is 0.520. The molecule has 8 nitrogen and oxygen atoms in total. The SMILES string of the molecule is COCCCNc1nc(Nc2ccc(OC)c(Cl)c2)c2cnn(C)c2n1. The van der Waals surface area contributed by atoms with Crippen molar-refractivity contribution in [1.82, 2.24) is 19.7 Å². The molecule has 0 aliphatic rings. The highest BCUT2D eigenvalue weighted by atomic mass is 35.5. The first-order valence-electron chi connectivity index (χ1n) is 8.15. The van der Waals surface area contributed by atoms with Gasteiger partial charge in [0.15, 0.2) is 5.65 Å². The number of ether oxygens (including phenoxy) is 2. The lowest BCUT2D eigenvalue weighted by Crippen LogP contribution is -2.09. The lowest BCUT2D eigenvalue weighted by atomic mass is 10.3. The molecule has 0 radical (unpaired) electrons. The van der Waals surface area contributed by atoms with Crippen LogP contribution in [0.2, 0.25) is 5.02 Å². The molecule has 1 aromatic carbocycles. The van der Waals surface area contributed by atoms with Crippen LogP contribution in [0.1, 0.15) is 6.42 Å². The predicted octanol–water partition coefficient (Wildman–Crippen LogP) is 3.22. The molecule has 9 heteroatoms. The molecule has 0 aliphatic heterocycles. The van der Waals surface area contributed by atoms with E-state index in [0.29, 0.717) is 35.7 Å². The highest BCUT2D eigenvalue weighted by Crippen LogP contribution is 2.30. The third-order valence-corrected chi connectivity index (χ3v) is 4.11. The summed E-state index contributed by atoms with van der Waals surface area (Å²) in [6, 6.07) is 5.47. The van der Waals surface area contributed by atoms with Crippen molar-refractivity contribution < 1.29 is 9.47 Å². The van der Waals surface area contributed by atoms with Gasteiger partial charge >= 0.3 is 0 Å². The number of fused-ring (bicyclic) bond motifs is 1. The molecule has 0 aliphatic carbocycles. The summed E-state index contributed by atoms with van der Waals surface area (Å²) in [7, 11) is 5.11. The number of nitrogens with one attached hydrogen (secondary N) is 2. The Bertz CT molecular complexity index is 898. The number of aromatic nitrogens is 4. The molecule has 0 spiro atoms. The van der Waals surface area contributed by atoms with Gasteiger partial charge in [0.05, 0.1) is 23.7 Å². The molecule has 138 valence electrons. The molecule has 0 fully saturated rings. The summed E-state index contributed by atoms with van der Waals surface area (Å²) in [5.41, 5.74) is 1.53. The van der Waals surface area contributed by atoms with E-state index >= 15 is 0 Å². The molecular weight excluding hydrogens is 356 g/mol. The Kier molecular flexibility index (Phi) is 5.75. The summed E-state index contributed by atoms with van der Waals surface area (Å²) in [6.45, 7) is 1.39. The molecular formula is C17H21ClN6O2. The topological polar surface area (TPSA) is 86.1 Å². The maximum atomic E-state index is 6.21. The van der Waals surface area contributed by atoms with E-state index in [0.717, 1.165) is 23.1 Å². The molecule has 0 amide bonds. The largest absolute Gasteiger partial charge is 0.495 e. The van der Waals surface area contributed by atoms with E-state index in [4.69, 9.17) is 21.1 Å². The summed E-state index contributed by atoms with van der Waals surface area (Å²) < 4.78 is 12.0. The summed E-state index contributed by atoms with van der Waals surface area (Å²) >= 11 is 6.21. The average molecular weight is 377 g/mol. The minimum Gasteiger partial charge on any atom is -0.495 e. The Hall–Kier alpha value is -2.58. The number of methoxy groups -OCH3 is 2. The fourth-order valence-corrected chi connectivity index (χ4v) is 2.75. The van der Waals surface area contributed by atoms with Gasteiger partial charge in [-0.1, -0.05) is 11.6 Å². The number of hydrogen-bond acceptors (Lipinski definition) is 7. The van der Waals surface area contributed by atoms with E-state index in [1.54, 1.807) is 37.2 Å². The Labute approximate surface area is 156 Å². The number of anilines is 3. The van der Waals surface area contributed by atoms with Crippen LogP contribution in [-0.4, -0.2) is 47.1 Å². The zero-order valence-corrected chi connectivity index (χ0v) is 15.7. The Balaban J connectivity index is 1.89. The summed E-state index contributed by atoms with van der Waals surface area (Å²) in [6.07, 6.45) is 2.59.